The number of benzene rings is 4. The Hall–Kier alpha value is -4.15. The lowest BCUT2D eigenvalue weighted by atomic mass is 10.1. The third-order valence-corrected chi connectivity index (χ3v) is 7.01. The predicted molar refractivity (Wildman–Crippen MR) is 155 cm³/mol. The van der Waals surface area contributed by atoms with Gasteiger partial charge in [-0.1, -0.05) is 108 Å². The van der Waals surface area contributed by atoms with Gasteiger partial charge in [-0.15, -0.1) is 0 Å². The lowest BCUT2D eigenvalue weighted by Gasteiger charge is -2.23. The summed E-state index contributed by atoms with van der Waals surface area (Å²) < 4.78 is 1.77. The molecule has 1 aromatic heterocycles. The molecule has 0 N–H and O–H groups in total. The van der Waals surface area contributed by atoms with Crippen molar-refractivity contribution >= 4 is 17.5 Å². The smallest absolute Gasteiger partial charge is 0.272 e. The van der Waals surface area contributed by atoms with Gasteiger partial charge < -0.3 is 4.90 Å². The summed E-state index contributed by atoms with van der Waals surface area (Å²) in [7, 11) is 0. The third-order valence-electron chi connectivity index (χ3n) is 6.68. The fourth-order valence-electron chi connectivity index (χ4n) is 4.69. The molecule has 38 heavy (non-hydrogen) atoms. The minimum absolute atomic E-state index is 0.0736. The topological polar surface area (TPSA) is 38.1 Å². The van der Waals surface area contributed by atoms with Crippen LogP contribution in [0.15, 0.2) is 109 Å². The van der Waals surface area contributed by atoms with Gasteiger partial charge in [-0.2, -0.15) is 5.10 Å². The average Bonchev–Trinajstić information content (AvgIpc) is 3.37. The van der Waals surface area contributed by atoms with E-state index in [-0.39, 0.29) is 5.91 Å². The first-order chi connectivity index (χ1) is 18.5. The van der Waals surface area contributed by atoms with E-state index in [1.165, 1.54) is 5.56 Å². The molecule has 0 atom stereocenters. The summed E-state index contributed by atoms with van der Waals surface area (Å²) in [6.45, 7) is 5.19. The average molecular weight is 520 g/mol. The molecule has 5 rings (SSSR count). The van der Waals surface area contributed by atoms with E-state index >= 15 is 0 Å². The van der Waals surface area contributed by atoms with Gasteiger partial charge in [-0.3, -0.25) is 4.79 Å². The van der Waals surface area contributed by atoms with Crippen LogP contribution >= 0.6 is 11.6 Å². The highest BCUT2D eigenvalue weighted by molar-refractivity contribution is 6.33. The van der Waals surface area contributed by atoms with E-state index in [1.807, 2.05) is 90.7 Å². The van der Waals surface area contributed by atoms with Crippen molar-refractivity contribution in [3.05, 3.63) is 142 Å². The van der Waals surface area contributed by atoms with Gasteiger partial charge in [0.1, 0.15) is 5.69 Å². The van der Waals surface area contributed by atoms with Gasteiger partial charge in [0, 0.05) is 18.7 Å². The van der Waals surface area contributed by atoms with E-state index in [9.17, 15) is 4.79 Å². The van der Waals surface area contributed by atoms with Gasteiger partial charge in [-0.05, 0) is 55.2 Å². The molecule has 0 aliphatic carbocycles. The molecule has 0 aliphatic heterocycles. The number of hydrogen-bond acceptors (Lipinski definition) is 2. The molecular weight excluding hydrogens is 490 g/mol. The normalized spacial score (nSPS) is 10.9. The van der Waals surface area contributed by atoms with Crippen LogP contribution in [0.3, 0.4) is 0 Å². The lowest BCUT2D eigenvalue weighted by molar-refractivity contribution is 0.0736. The number of rotatable bonds is 8. The minimum Gasteiger partial charge on any atom is -0.333 e. The summed E-state index contributed by atoms with van der Waals surface area (Å²) >= 11 is 6.54. The van der Waals surface area contributed by atoms with Gasteiger partial charge in [0.05, 0.1) is 16.4 Å². The highest BCUT2D eigenvalue weighted by Crippen LogP contribution is 2.30. The van der Waals surface area contributed by atoms with Gasteiger partial charge in [0.25, 0.3) is 5.91 Å². The van der Waals surface area contributed by atoms with E-state index < -0.39 is 0 Å². The standard InChI is InChI=1S/C33H30ClN3O/c1-24-17-18-31(25(2)21-24)37-32(22-30(35-37)28-15-9-10-16-29(28)34)33(38)36(23-27-13-7-4-8-14-27)20-19-26-11-5-3-6-12-26/h3-18,21-22H,19-20,23H2,1-2H3. The second kappa shape index (κ2) is 11.5. The molecule has 4 nitrogen and oxygen atoms in total. The number of aryl methyl sites for hydroxylation is 2. The molecule has 0 unspecified atom stereocenters. The molecule has 5 heteroatoms. The number of carbonyl (C=O) groups excluding carboxylic acids is 1. The number of hydrogen-bond donors (Lipinski definition) is 0. The first-order valence-electron chi connectivity index (χ1n) is 12.8. The molecule has 1 amide bonds. The quantitative estimate of drug-likeness (QED) is 0.211. The Labute approximate surface area is 229 Å². The predicted octanol–water partition coefficient (Wildman–Crippen LogP) is 7.69. The van der Waals surface area contributed by atoms with Crippen molar-refractivity contribution in [2.45, 2.75) is 26.8 Å². The fraction of sp³-hybridized carbons (Fsp3) is 0.152. The van der Waals surface area contributed by atoms with Crippen LogP contribution in [0.2, 0.25) is 5.02 Å². The molecule has 0 fully saturated rings. The summed E-state index contributed by atoms with van der Waals surface area (Å²) in [5, 5.41) is 5.51. The third kappa shape index (κ3) is 5.71. The molecule has 0 radical (unpaired) electrons. The van der Waals surface area contributed by atoms with Gasteiger partial charge in [-0.25, -0.2) is 4.68 Å². The summed E-state index contributed by atoms with van der Waals surface area (Å²) in [5.41, 5.74) is 7.33. The van der Waals surface area contributed by atoms with Gasteiger partial charge in [0.2, 0.25) is 0 Å². The second-order valence-electron chi connectivity index (χ2n) is 9.54. The molecule has 190 valence electrons. The Morgan fingerprint density at radius 2 is 1.47 bits per heavy atom. The molecule has 0 spiro atoms. The van der Waals surface area contributed by atoms with Gasteiger partial charge in [0.15, 0.2) is 0 Å². The monoisotopic (exact) mass is 519 g/mol. The summed E-state index contributed by atoms with van der Waals surface area (Å²) in [4.78, 5) is 16.2. The molecule has 0 saturated carbocycles. The minimum atomic E-state index is -0.0736. The Bertz CT molecular complexity index is 1540. The number of halogens is 1. The first-order valence-corrected chi connectivity index (χ1v) is 13.2. The molecular formula is C33H30ClN3O. The number of aromatic nitrogens is 2. The summed E-state index contributed by atoms with van der Waals surface area (Å²) in [5.74, 6) is -0.0736. The van der Waals surface area contributed by atoms with E-state index in [4.69, 9.17) is 16.7 Å². The Kier molecular flexibility index (Phi) is 7.71. The van der Waals surface area contributed by atoms with Crippen LogP contribution in [0, 0.1) is 13.8 Å². The van der Waals surface area contributed by atoms with E-state index in [2.05, 4.69) is 37.3 Å². The van der Waals surface area contributed by atoms with Crippen molar-refractivity contribution in [1.82, 2.24) is 14.7 Å². The van der Waals surface area contributed by atoms with Crippen molar-refractivity contribution in [3.8, 4) is 16.9 Å². The highest BCUT2D eigenvalue weighted by Gasteiger charge is 2.24. The Balaban J connectivity index is 1.58. The molecule has 0 aliphatic rings. The highest BCUT2D eigenvalue weighted by atomic mass is 35.5. The van der Waals surface area contributed by atoms with E-state index in [0.717, 1.165) is 34.4 Å². The molecule has 0 bridgehead atoms. The number of amides is 1. The zero-order valence-electron chi connectivity index (χ0n) is 21.6. The zero-order chi connectivity index (χ0) is 26.5. The SMILES string of the molecule is Cc1ccc(-n2nc(-c3ccccc3Cl)cc2C(=O)N(CCc2ccccc2)Cc2ccccc2)c(C)c1. The number of carbonyl (C=O) groups is 1. The van der Waals surface area contributed by atoms with Crippen molar-refractivity contribution in [3.63, 3.8) is 0 Å². The zero-order valence-corrected chi connectivity index (χ0v) is 22.4. The Morgan fingerprint density at radius 1 is 0.816 bits per heavy atom. The van der Waals surface area contributed by atoms with Crippen LogP contribution in [0.5, 0.6) is 0 Å². The molecule has 1 heterocycles. The number of nitrogens with zero attached hydrogens (tertiary/aromatic N) is 3. The molecule has 0 saturated heterocycles. The fourth-order valence-corrected chi connectivity index (χ4v) is 4.92. The van der Waals surface area contributed by atoms with Crippen LogP contribution in [0.4, 0.5) is 0 Å². The first kappa shape index (κ1) is 25.5. The van der Waals surface area contributed by atoms with Crippen LogP contribution in [0.25, 0.3) is 16.9 Å². The largest absolute Gasteiger partial charge is 0.333 e. The summed E-state index contributed by atoms with van der Waals surface area (Å²) in [6, 6.07) is 36.0. The van der Waals surface area contributed by atoms with E-state index in [0.29, 0.717) is 29.5 Å². The maximum absolute atomic E-state index is 14.3. The van der Waals surface area contributed by atoms with Crippen molar-refractivity contribution in [2.24, 2.45) is 0 Å². The molecule has 4 aromatic carbocycles. The maximum Gasteiger partial charge on any atom is 0.272 e. The van der Waals surface area contributed by atoms with Crippen molar-refractivity contribution in [1.29, 1.82) is 0 Å². The lowest BCUT2D eigenvalue weighted by Crippen LogP contribution is -2.34. The van der Waals surface area contributed by atoms with Crippen LogP contribution in [0.1, 0.15) is 32.7 Å². The van der Waals surface area contributed by atoms with Crippen molar-refractivity contribution < 1.29 is 4.79 Å². The summed E-state index contributed by atoms with van der Waals surface area (Å²) in [6.07, 6.45) is 0.758. The second-order valence-corrected chi connectivity index (χ2v) is 9.95. The van der Waals surface area contributed by atoms with Crippen LogP contribution < -0.4 is 0 Å². The Morgan fingerprint density at radius 3 is 2.16 bits per heavy atom. The van der Waals surface area contributed by atoms with Crippen LogP contribution in [-0.4, -0.2) is 27.1 Å². The van der Waals surface area contributed by atoms with Gasteiger partial charge >= 0.3 is 0 Å². The van der Waals surface area contributed by atoms with Crippen LogP contribution in [-0.2, 0) is 13.0 Å². The van der Waals surface area contributed by atoms with E-state index in [1.54, 1.807) is 4.68 Å². The molecule has 5 aromatic rings. The maximum atomic E-state index is 14.3. The van der Waals surface area contributed by atoms with Crippen molar-refractivity contribution in [2.75, 3.05) is 6.54 Å².